The predicted octanol–water partition coefficient (Wildman–Crippen LogP) is 2.65. The molecule has 0 aliphatic carbocycles. The van der Waals surface area contributed by atoms with E-state index in [2.05, 4.69) is 10.0 Å². The molecule has 0 amide bonds. The van der Waals surface area contributed by atoms with E-state index >= 15 is 0 Å². The fourth-order valence-corrected chi connectivity index (χ4v) is 3.09. The van der Waals surface area contributed by atoms with E-state index in [4.69, 9.17) is 0 Å². The number of rotatable bonds is 5. The van der Waals surface area contributed by atoms with Crippen LogP contribution in [0.25, 0.3) is 0 Å². The van der Waals surface area contributed by atoms with Crippen LogP contribution in [0.3, 0.4) is 0 Å². The van der Waals surface area contributed by atoms with Gasteiger partial charge in [-0.15, -0.1) is 0 Å². The lowest BCUT2D eigenvalue weighted by molar-refractivity contribution is 0.569. The van der Waals surface area contributed by atoms with E-state index in [0.29, 0.717) is 17.8 Å². The molecular weight excluding hydrogens is 291 g/mol. The molecule has 21 heavy (non-hydrogen) atoms. The molecule has 0 atom stereocenters. The van der Waals surface area contributed by atoms with Crippen molar-refractivity contribution in [3.05, 3.63) is 59.4 Å². The second kappa shape index (κ2) is 6.24. The van der Waals surface area contributed by atoms with E-state index in [-0.39, 0.29) is 4.90 Å². The highest BCUT2D eigenvalue weighted by atomic mass is 32.2. The Morgan fingerprint density at radius 1 is 1.10 bits per heavy atom. The number of benzene rings is 2. The topological polar surface area (TPSA) is 58.2 Å². The summed E-state index contributed by atoms with van der Waals surface area (Å²) in [5.41, 5.74) is 2.11. The monoisotopic (exact) mass is 308 g/mol. The van der Waals surface area contributed by atoms with Crippen molar-refractivity contribution in [3.63, 3.8) is 0 Å². The molecule has 0 heterocycles. The first-order chi connectivity index (χ1) is 9.92. The summed E-state index contributed by atoms with van der Waals surface area (Å²) in [6.07, 6.45) is 0. The van der Waals surface area contributed by atoms with E-state index in [1.165, 1.54) is 6.07 Å². The first-order valence-corrected chi connectivity index (χ1v) is 7.93. The van der Waals surface area contributed by atoms with Crippen molar-refractivity contribution < 1.29 is 12.8 Å². The molecule has 2 rings (SSSR count). The lowest BCUT2D eigenvalue weighted by Crippen LogP contribution is -2.15. The quantitative estimate of drug-likeness (QED) is 0.893. The standard InChI is InChI=1S/C15H17FN2O2S/c1-11-3-6-13(7-4-11)18-21(19,20)15-9-12(10-17-2)5-8-14(15)16/h3-9,17-18H,10H2,1-2H3. The van der Waals surface area contributed by atoms with Crippen molar-refractivity contribution in [3.8, 4) is 0 Å². The van der Waals surface area contributed by atoms with Crippen molar-refractivity contribution in [1.82, 2.24) is 5.32 Å². The zero-order valence-electron chi connectivity index (χ0n) is 11.9. The maximum Gasteiger partial charge on any atom is 0.264 e. The number of anilines is 1. The van der Waals surface area contributed by atoms with Crippen LogP contribution in [0.5, 0.6) is 0 Å². The summed E-state index contributed by atoms with van der Waals surface area (Å²) in [6.45, 7) is 2.37. The smallest absolute Gasteiger partial charge is 0.264 e. The van der Waals surface area contributed by atoms with Crippen molar-refractivity contribution in [1.29, 1.82) is 0 Å². The Balaban J connectivity index is 2.34. The van der Waals surface area contributed by atoms with E-state index in [9.17, 15) is 12.8 Å². The Hall–Kier alpha value is -1.92. The maximum atomic E-state index is 13.8. The minimum Gasteiger partial charge on any atom is -0.316 e. The molecule has 112 valence electrons. The molecule has 0 aliphatic heterocycles. The first kappa shape index (κ1) is 15.5. The predicted molar refractivity (Wildman–Crippen MR) is 81.2 cm³/mol. The van der Waals surface area contributed by atoms with Gasteiger partial charge in [0.15, 0.2) is 0 Å². The van der Waals surface area contributed by atoms with Crippen LogP contribution in [0.2, 0.25) is 0 Å². The first-order valence-electron chi connectivity index (χ1n) is 6.45. The van der Waals surface area contributed by atoms with Crippen LogP contribution in [-0.2, 0) is 16.6 Å². The van der Waals surface area contributed by atoms with Gasteiger partial charge in [0.05, 0.1) is 0 Å². The molecule has 0 saturated heterocycles. The van der Waals surface area contributed by atoms with Crippen molar-refractivity contribution in [2.45, 2.75) is 18.4 Å². The number of hydrogen-bond donors (Lipinski definition) is 2. The molecule has 6 heteroatoms. The minimum absolute atomic E-state index is 0.351. The molecule has 0 spiro atoms. The third-order valence-corrected chi connectivity index (χ3v) is 4.37. The Labute approximate surface area is 124 Å². The van der Waals surface area contributed by atoms with Crippen LogP contribution < -0.4 is 10.0 Å². The SMILES string of the molecule is CNCc1ccc(F)c(S(=O)(=O)Nc2ccc(C)cc2)c1. The molecule has 0 aromatic heterocycles. The lowest BCUT2D eigenvalue weighted by Gasteiger charge is -2.10. The Bertz CT molecular complexity index is 728. The third kappa shape index (κ3) is 3.80. The van der Waals surface area contributed by atoms with Gasteiger partial charge in [0.25, 0.3) is 10.0 Å². The van der Waals surface area contributed by atoms with Crippen LogP contribution in [-0.4, -0.2) is 15.5 Å². The number of hydrogen-bond acceptors (Lipinski definition) is 3. The van der Waals surface area contributed by atoms with E-state index < -0.39 is 15.8 Å². The van der Waals surface area contributed by atoms with Gasteiger partial charge in [-0.25, -0.2) is 12.8 Å². The van der Waals surface area contributed by atoms with Gasteiger partial charge >= 0.3 is 0 Å². The van der Waals surface area contributed by atoms with E-state index in [1.54, 1.807) is 37.4 Å². The fourth-order valence-electron chi connectivity index (χ4n) is 1.90. The zero-order valence-corrected chi connectivity index (χ0v) is 12.7. The van der Waals surface area contributed by atoms with Crippen LogP contribution in [0.15, 0.2) is 47.4 Å². The highest BCUT2D eigenvalue weighted by molar-refractivity contribution is 7.92. The molecular formula is C15H17FN2O2S. The van der Waals surface area contributed by atoms with Crippen LogP contribution in [0.1, 0.15) is 11.1 Å². The van der Waals surface area contributed by atoms with E-state index in [1.807, 2.05) is 6.92 Å². The number of halogens is 1. The average molecular weight is 308 g/mol. The van der Waals surface area contributed by atoms with Gasteiger partial charge in [0.2, 0.25) is 0 Å². The highest BCUT2D eigenvalue weighted by Crippen LogP contribution is 2.20. The van der Waals surface area contributed by atoms with E-state index in [0.717, 1.165) is 11.6 Å². The zero-order chi connectivity index (χ0) is 15.5. The van der Waals surface area contributed by atoms with Gasteiger partial charge < -0.3 is 5.32 Å². The summed E-state index contributed by atoms with van der Waals surface area (Å²) in [5.74, 6) is -0.769. The molecule has 0 radical (unpaired) electrons. The fraction of sp³-hybridized carbons (Fsp3) is 0.200. The second-order valence-corrected chi connectivity index (χ2v) is 6.42. The molecule has 0 saturated carbocycles. The normalized spacial score (nSPS) is 11.4. The Kier molecular flexibility index (Phi) is 4.59. The maximum absolute atomic E-state index is 13.8. The van der Waals surface area contributed by atoms with Crippen LogP contribution in [0.4, 0.5) is 10.1 Å². The van der Waals surface area contributed by atoms with Gasteiger partial charge in [0, 0.05) is 12.2 Å². The van der Waals surface area contributed by atoms with Crippen LogP contribution >= 0.6 is 0 Å². The summed E-state index contributed by atoms with van der Waals surface area (Å²) in [5, 5.41) is 2.90. The Morgan fingerprint density at radius 2 is 1.76 bits per heavy atom. The van der Waals surface area contributed by atoms with Gasteiger partial charge in [-0.2, -0.15) is 0 Å². The van der Waals surface area contributed by atoms with Gasteiger partial charge in [-0.3, -0.25) is 4.72 Å². The van der Waals surface area contributed by atoms with Crippen molar-refractivity contribution in [2.24, 2.45) is 0 Å². The molecule has 0 aliphatic rings. The minimum atomic E-state index is -3.95. The van der Waals surface area contributed by atoms with Gasteiger partial charge in [0.1, 0.15) is 10.7 Å². The molecule has 2 aromatic rings. The summed E-state index contributed by atoms with van der Waals surface area (Å²) in [4.78, 5) is -0.351. The van der Waals surface area contributed by atoms with Gasteiger partial charge in [-0.05, 0) is 43.8 Å². The van der Waals surface area contributed by atoms with Crippen molar-refractivity contribution >= 4 is 15.7 Å². The summed E-state index contributed by atoms with van der Waals surface area (Å²) < 4.78 is 40.8. The highest BCUT2D eigenvalue weighted by Gasteiger charge is 2.19. The summed E-state index contributed by atoms with van der Waals surface area (Å²) >= 11 is 0. The number of sulfonamides is 1. The molecule has 4 nitrogen and oxygen atoms in total. The number of nitrogens with one attached hydrogen (secondary N) is 2. The largest absolute Gasteiger partial charge is 0.316 e. The number of aryl methyl sites for hydroxylation is 1. The summed E-state index contributed by atoms with van der Waals surface area (Å²) in [7, 11) is -2.21. The van der Waals surface area contributed by atoms with Gasteiger partial charge in [-0.1, -0.05) is 23.8 Å². The molecule has 0 bridgehead atoms. The molecule has 0 unspecified atom stereocenters. The van der Waals surface area contributed by atoms with Crippen molar-refractivity contribution in [2.75, 3.05) is 11.8 Å². The summed E-state index contributed by atoms with van der Waals surface area (Å²) in [6, 6.07) is 10.9. The van der Waals surface area contributed by atoms with Crippen LogP contribution in [0, 0.1) is 12.7 Å². The Morgan fingerprint density at radius 3 is 2.38 bits per heavy atom. The third-order valence-electron chi connectivity index (χ3n) is 2.97. The lowest BCUT2D eigenvalue weighted by atomic mass is 10.2. The molecule has 2 aromatic carbocycles. The second-order valence-electron chi connectivity index (χ2n) is 4.77. The average Bonchev–Trinajstić information content (AvgIpc) is 2.43. The molecule has 0 fully saturated rings. The molecule has 2 N–H and O–H groups in total.